The third kappa shape index (κ3) is 4.78. The fourth-order valence-electron chi connectivity index (χ4n) is 4.43. The molecule has 4 aromatic rings. The maximum atomic E-state index is 13.2. The Morgan fingerprint density at radius 3 is 2.58 bits per heavy atom. The number of rotatable bonds is 6. The number of nitrogen functional groups attached to an aromatic ring is 1. The Balaban J connectivity index is 1.32. The van der Waals surface area contributed by atoms with Crippen LogP contribution in [0.1, 0.15) is 22.3 Å². The minimum absolute atomic E-state index is 0.0101. The van der Waals surface area contributed by atoms with E-state index in [-0.39, 0.29) is 23.1 Å². The van der Waals surface area contributed by atoms with E-state index < -0.39 is 10.0 Å². The molecule has 1 amide bonds. The van der Waals surface area contributed by atoms with Crippen molar-refractivity contribution in [1.29, 1.82) is 5.41 Å². The molecule has 9 heteroatoms. The van der Waals surface area contributed by atoms with Gasteiger partial charge in [0.1, 0.15) is 10.7 Å². The van der Waals surface area contributed by atoms with Gasteiger partial charge in [-0.2, -0.15) is 0 Å². The molecule has 182 valence electrons. The average molecular weight is 500 g/mol. The van der Waals surface area contributed by atoms with Crippen molar-refractivity contribution in [2.24, 2.45) is 5.73 Å². The van der Waals surface area contributed by atoms with E-state index in [2.05, 4.69) is 9.71 Å². The van der Waals surface area contributed by atoms with E-state index in [1.807, 2.05) is 30.3 Å². The van der Waals surface area contributed by atoms with Gasteiger partial charge in [0.15, 0.2) is 0 Å². The molecule has 0 bridgehead atoms. The van der Waals surface area contributed by atoms with E-state index in [1.165, 1.54) is 0 Å². The third-order valence-corrected chi connectivity index (χ3v) is 7.74. The molecule has 36 heavy (non-hydrogen) atoms. The summed E-state index contributed by atoms with van der Waals surface area (Å²) in [6.45, 7) is 1.01. The lowest BCUT2D eigenvalue weighted by atomic mass is 9.98. The number of carbonyl (C=O) groups is 1. The summed E-state index contributed by atoms with van der Waals surface area (Å²) in [6, 6.07) is 21.2. The molecular weight excluding hydrogens is 474 g/mol. The number of para-hydroxylation sites is 1. The van der Waals surface area contributed by atoms with Gasteiger partial charge in [0, 0.05) is 35.9 Å². The zero-order chi connectivity index (χ0) is 25.3. The van der Waals surface area contributed by atoms with E-state index >= 15 is 0 Å². The summed E-state index contributed by atoms with van der Waals surface area (Å²) in [5.41, 5.74) is 9.83. The number of benzene rings is 3. The van der Waals surface area contributed by atoms with Crippen molar-refractivity contribution in [2.45, 2.75) is 24.3 Å². The van der Waals surface area contributed by atoms with Gasteiger partial charge in [0.05, 0.1) is 11.9 Å². The zero-order valence-electron chi connectivity index (χ0n) is 19.4. The molecule has 4 N–H and O–H groups in total. The minimum Gasteiger partial charge on any atom is -0.384 e. The first-order valence-corrected chi connectivity index (χ1v) is 13.0. The standard InChI is InChI=1S/C27H25N5O3S/c28-27(29)21-8-6-18(7-9-21)15-25(33)32-14-12-19-10-11-23(16-22(19)17-32)31-36(34,35)24-5-1-3-20-4-2-13-30-26(20)24/h1-11,13,16,31H,12,14-15,17H2,(H3,28,29). The molecule has 0 saturated carbocycles. The molecule has 1 aromatic heterocycles. The molecule has 0 radical (unpaired) electrons. The van der Waals surface area contributed by atoms with Crippen molar-refractivity contribution in [3.8, 4) is 0 Å². The summed E-state index contributed by atoms with van der Waals surface area (Å²) >= 11 is 0. The van der Waals surface area contributed by atoms with Crippen LogP contribution < -0.4 is 10.5 Å². The molecule has 1 aliphatic rings. The van der Waals surface area contributed by atoms with Crippen LogP contribution in [-0.4, -0.2) is 36.6 Å². The Morgan fingerprint density at radius 2 is 1.81 bits per heavy atom. The second kappa shape index (κ2) is 9.43. The van der Waals surface area contributed by atoms with E-state index in [1.54, 1.807) is 53.6 Å². The number of anilines is 1. The third-order valence-electron chi connectivity index (χ3n) is 6.33. The fourth-order valence-corrected chi connectivity index (χ4v) is 5.66. The van der Waals surface area contributed by atoms with Crippen molar-refractivity contribution in [3.63, 3.8) is 0 Å². The molecule has 2 heterocycles. The van der Waals surface area contributed by atoms with Crippen LogP contribution in [0.3, 0.4) is 0 Å². The van der Waals surface area contributed by atoms with Gasteiger partial charge in [-0.3, -0.25) is 19.9 Å². The molecule has 1 aliphatic heterocycles. The highest BCUT2D eigenvalue weighted by atomic mass is 32.2. The van der Waals surface area contributed by atoms with Gasteiger partial charge in [-0.25, -0.2) is 8.42 Å². The number of hydrogen-bond acceptors (Lipinski definition) is 5. The number of nitrogens with two attached hydrogens (primary N) is 1. The molecular formula is C27H25N5O3S. The number of sulfonamides is 1. The number of nitrogens with one attached hydrogen (secondary N) is 2. The monoisotopic (exact) mass is 499 g/mol. The summed E-state index contributed by atoms with van der Waals surface area (Å²) < 4.78 is 29.1. The van der Waals surface area contributed by atoms with Crippen LogP contribution in [0, 0.1) is 5.41 Å². The number of fused-ring (bicyclic) bond motifs is 2. The molecule has 5 rings (SSSR count). The highest BCUT2D eigenvalue weighted by Crippen LogP contribution is 2.27. The van der Waals surface area contributed by atoms with Crippen LogP contribution in [0.15, 0.2) is 83.9 Å². The van der Waals surface area contributed by atoms with Crippen molar-refractivity contribution in [3.05, 3.63) is 101 Å². The van der Waals surface area contributed by atoms with Crippen molar-refractivity contribution < 1.29 is 13.2 Å². The van der Waals surface area contributed by atoms with E-state index in [9.17, 15) is 13.2 Å². The lowest BCUT2D eigenvalue weighted by Crippen LogP contribution is -2.37. The first-order valence-electron chi connectivity index (χ1n) is 11.5. The van der Waals surface area contributed by atoms with Crippen molar-refractivity contribution >= 4 is 38.4 Å². The molecule has 0 saturated heterocycles. The predicted octanol–water partition coefficient (Wildman–Crippen LogP) is 3.45. The summed E-state index contributed by atoms with van der Waals surface area (Å²) in [5, 5.41) is 8.24. The average Bonchev–Trinajstić information content (AvgIpc) is 2.88. The number of pyridine rings is 1. The van der Waals surface area contributed by atoms with Crippen molar-refractivity contribution in [2.75, 3.05) is 11.3 Å². The Morgan fingerprint density at radius 1 is 1.03 bits per heavy atom. The van der Waals surface area contributed by atoms with Crippen LogP contribution >= 0.6 is 0 Å². The number of hydrogen-bond donors (Lipinski definition) is 3. The number of aromatic nitrogens is 1. The van der Waals surface area contributed by atoms with Crippen LogP contribution in [0.4, 0.5) is 5.69 Å². The molecule has 0 aliphatic carbocycles. The van der Waals surface area contributed by atoms with Crippen molar-refractivity contribution in [1.82, 2.24) is 9.88 Å². The van der Waals surface area contributed by atoms with Crippen LogP contribution in [-0.2, 0) is 34.2 Å². The molecule has 0 unspecified atom stereocenters. The Bertz CT molecular complexity index is 1580. The van der Waals surface area contributed by atoms with Gasteiger partial charge in [-0.15, -0.1) is 0 Å². The second-order valence-corrected chi connectivity index (χ2v) is 10.4. The van der Waals surface area contributed by atoms with E-state index in [0.29, 0.717) is 36.3 Å². The first-order chi connectivity index (χ1) is 17.3. The molecule has 0 spiro atoms. The van der Waals surface area contributed by atoms with Gasteiger partial charge >= 0.3 is 0 Å². The maximum absolute atomic E-state index is 13.2. The van der Waals surface area contributed by atoms with Gasteiger partial charge < -0.3 is 10.6 Å². The highest BCUT2D eigenvalue weighted by Gasteiger charge is 2.23. The fraction of sp³-hybridized carbons (Fsp3) is 0.148. The minimum atomic E-state index is -3.86. The first kappa shape index (κ1) is 23.5. The van der Waals surface area contributed by atoms with E-state index in [4.69, 9.17) is 11.1 Å². The Labute approximate surface area is 209 Å². The topological polar surface area (TPSA) is 129 Å². The summed E-state index contributed by atoms with van der Waals surface area (Å²) in [7, 11) is -3.86. The van der Waals surface area contributed by atoms with Crippen LogP contribution in [0.2, 0.25) is 0 Å². The summed E-state index contributed by atoms with van der Waals surface area (Å²) in [6.07, 6.45) is 2.52. The summed E-state index contributed by atoms with van der Waals surface area (Å²) in [4.78, 5) is 19.1. The van der Waals surface area contributed by atoms with Gasteiger partial charge in [-0.05, 0) is 47.4 Å². The van der Waals surface area contributed by atoms with Gasteiger partial charge in [-0.1, -0.05) is 48.5 Å². The normalized spacial score (nSPS) is 13.3. The zero-order valence-corrected chi connectivity index (χ0v) is 20.3. The second-order valence-electron chi connectivity index (χ2n) is 8.77. The molecule has 3 aromatic carbocycles. The molecule has 8 nitrogen and oxygen atoms in total. The number of carbonyl (C=O) groups excluding carboxylic acids is 1. The largest absolute Gasteiger partial charge is 0.384 e. The lowest BCUT2D eigenvalue weighted by molar-refractivity contribution is -0.131. The predicted molar refractivity (Wildman–Crippen MR) is 139 cm³/mol. The number of nitrogens with zero attached hydrogens (tertiary/aromatic N) is 2. The SMILES string of the molecule is N=C(N)c1ccc(CC(=O)N2CCc3ccc(NS(=O)(=O)c4cccc5cccnc45)cc3C2)cc1. The Hall–Kier alpha value is -4.24. The lowest BCUT2D eigenvalue weighted by Gasteiger charge is -2.29. The summed E-state index contributed by atoms with van der Waals surface area (Å²) in [5.74, 6) is -0.0207. The number of amidine groups is 1. The van der Waals surface area contributed by atoms with E-state index in [0.717, 1.165) is 22.1 Å². The van der Waals surface area contributed by atoms with Crippen LogP contribution in [0.25, 0.3) is 10.9 Å². The number of amides is 1. The quantitative estimate of drug-likeness (QED) is 0.276. The van der Waals surface area contributed by atoms with Gasteiger partial charge in [0.2, 0.25) is 5.91 Å². The maximum Gasteiger partial charge on any atom is 0.264 e. The Kier molecular flexibility index (Phi) is 6.15. The highest BCUT2D eigenvalue weighted by molar-refractivity contribution is 7.93. The van der Waals surface area contributed by atoms with Crippen LogP contribution in [0.5, 0.6) is 0 Å². The molecule has 0 atom stereocenters. The smallest absolute Gasteiger partial charge is 0.264 e. The molecule has 0 fully saturated rings. The van der Waals surface area contributed by atoms with Gasteiger partial charge in [0.25, 0.3) is 10.0 Å².